The highest BCUT2D eigenvalue weighted by Gasteiger charge is 2.32. The number of carbonyl (C=O) groups is 1. The Morgan fingerprint density at radius 2 is 1.88 bits per heavy atom. The predicted molar refractivity (Wildman–Crippen MR) is 61.4 cm³/mol. The van der Waals surface area contributed by atoms with Crippen molar-refractivity contribution in [3.05, 3.63) is 0 Å². The minimum absolute atomic E-state index is 0.447. The Hall–Kier alpha value is -1.09. The highest BCUT2D eigenvalue weighted by atomic mass is 32.2. The van der Waals surface area contributed by atoms with Gasteiger partial charge in [-0.3, -0.25) is 4.79 Å². The Labute approximate surface area is 96.8 Å². The van der Waals surface area contributed by atoms with Crippen LogP contribution in [0.2, 0.25) is 0 Å². The van der Waals surface area contributed by atoms with Crippen LogP contribution in [0, 0.1) is 11.3 Å². The average Bonchev–Trinajstić information content (AvgIpc) is 2.23. The zero-order chi connectivity index (χ0) is 13.0. The van der Waals surface area contributed by atoms with E-state index in [1.807, 2.05) is 6.07 Å². The van der Waals surface area contributed by atoms with Gasteiger partial charge in [-0.15, -0.1) is 0 Å². The van der Waals surface area contributed by atoms with Crippen LogP contribution >= 0.6 is 0 Å². The molecular formula is C10H18N2O3S. The van der Waals surface area contributed by atoms with Crippen LogP contribution in [0.4, 0.5) is 0 Å². The predicted octanol–water partition coefficient (Wildman–Crippen LogP) is 0.618. The molecule has 0 fully saturated rings. The van der Waals surface area contributed by atoms with Gasteiger partial charge in [-0.05, 0) is 19.8 Å². The third-order valence-corrected chi connectivity index (χ3v) is 4.29. The van der Waals surface area contributed by atoms with Crippen LogP contribution in [0.1, 0.15) is 33.6 Å². The van der Waals surface area contributed by atoms with E-state index in [2.05, 4.69) is 5.32 Å². The van der Waals surface area contributed by atoms with E-state index in [0.717, 1.165) is 6.26 Å². The lowest BCUT2D eigenvalue weighted by Crippen LogP contribution is -2.51. The van der Waals surface area contributed by atoms with Crippen LogP contribution in [0.5, 0.6) is 0 Å². The zero-order valence-electron chi connectivity index (χ0n) is 10.1. The van der Waals surface area contributed by atoms with E-state index in [4.69, 9.17) is 5.26 Å². The fourth-order valence-electron chi connectivity index (χ4n) is 1.14. The Balaban J connectivity index is 4.88. The number of nitrogens with one attached hydrogen (secondary N) is 1. The minimum atomic E-state index is -3.42. The number of hydrogen-bond donors (Lipinski definition) is 1. The first kappa shape index (κ1) is 14.9. The number of nitrogens with zero attached hydrogens (tertiary/aromatic N) is 1. The number of nitriles is 1. The Kier molecular flexibility index (Phi) is 4.94. The molecule has 0 aromatic rings. The van der Waals surface area contributed by atoms with E-state index < -0.39 is 26.5 Å². The van der Waals surface area contributed by atoms with Gasteiger partial charge in [-0.1, -0.05) is 13.8 Å². The van der Waals surface area contributed by atoms with Crippen molar-refractivity contribution in [1.29, 1.82) is 5.26 Å². The summed E-state index contributed by atoms with van der Waals surface area (Å²) < 4.78 is 22.4. The zero-order valence-corrected chi connectivity index (χ0v) is 10.9. The maximum Gasteiger partial charge on any atom is 0.239 e. The third kappa shape index (κ3) is 3.49. The molecule has 0 aliphatic carbocycles. The van der Waals surface area contributed by atoms with Gasteiger partial charge in [0.1, 0.15) is 10.8 Å². The Bertz CT molecular complexity index is 391. The minimum Gasteiger partial charge on any atom is -0.337 e. The van der Waals surface area contributed by atoms with Crippen molar-refractivity contribution in [2.24, 2.45) is 0 Å². The Morgan fingerprint density at radius 3 is 2.12 bits per heavy atom. The maximum absolute atomic E-state index is 11.6. The van der Waals surface area contributed by atoms with Crippen LogP contribution in [0.3, 0.4) is 0 Å². The Morgan fingerprint density at radius 1 is 1.44 bits per heavy atom. The molecule has 1 amide bonds. The summed E-state index contributed by atoms with van der Waals surface area (Å²) in [5, 5.41) is 10.4. The lowest BCUT2D eigenvalue weighted by molar-refractivity contribution is -0.121. The summed E-state index contributed by atoms with van der Waals surface area (Å²) in [5.74, 6) is -0.618. The van der Waals surface area contributed by atoms with Crippen molar-refractivity contribution < 1.29 is 13.2 Å². The van der Waals surface area contributed by atoms with Gasteiger partial charge in [0.15, 0.2) is 9.84 Å². The molecule has 0 radical (unpaired) electrons. The van der Waals surface area contributed by atoms with E-state index >= 15 is 0 Å². The number of rotatable bonds is 5. The van der Waals surface area contributed by atoms with E-state index in [-0.39, 0.29) is 0 Å². The van der Waals surface area contributed by atoms with Gasteiger partial charge >= 0.3 is 0 Å². The van der Waals surface area contributed by atoms with Crippen LogP contribution in [0.15, 0.2) is 0 Å². The van der Waals surface area contributed by atoms with E-state index in [1.165, 1.54) is 6.92 Å². The van der Waals surface area contributed by atoms with Gasteiger partial charge in [-0.25, -0.2) is 8.42 Å². The fraction of sp³-hybridized carbons (Fsp3) is 0.800. The molecule has 0 bridgehead atoms. The summed E-state index contributed by atoms with van der Waals surface area (Å²) in [6.45, 7) is 4.87. The fourth-order valence-corrected chi connectivity index (χ4v) is 1.59. The van der Waals surface area contributed by atoms with Crippen molar-refractivity contribution in [2.75, 3.05) is 6.26 Å². The number of hydrogen-bond acceptors (Lipinski definition) is 4. The number of amides is 1. The maximum atomic E-state index is 11.6. The number of carbonyl (C=O) groups excluding carboxylic acids is 1. The molecule has 0 saturated carbocycles. The largest absolute Gasteiger partial charge is 0.337 e. The molecule has 0 aliphatic heterocycles. The normalized spacial score (nSPS) is 13.9. The summed E-state index contributed by atoms with van der Waals surface area (Å²) in [6, 6.07) is 2.03. The highest BCUT2D eigenvalue weighted by molar-refractivity contribution is 7.92. The molecule has 16 heavy (non-hydrogen) atoms. The molecule has 6 heteroatoms. The van der Waals surface area contributed by atoms with Crippen LogP contribution in [-0.4, -0.2) is 31.4 Å². The third-order valence-electron chi connectivity index (χ3n) is 2.80. The first-order valence-corrected chi connectivity index (χ1v) is 7.10. The molecule has 1 N–H and O–H groups in total. The van der Waals surface area contributed by atoms with Crippen molar-refractivity contribution in [1.82, 2.24) is 5.32 Å². The SMILES string of the molecule is CCC(C#N)(CC)NC(=O)C(C)S(C)(=O)=O. The molecule has 0 heterocycles. The molecule has 0 spiro atoms. The van der Waals surface area contributed by atoms with Gasteiger partial charge in [0.25, 0.3) is 0 Å². The van der Waals surface area contributed by atoms with Gasteiger partial charge in [0.2, 0.25) is 5.91 Å². The van der Waals surface area contributed by atoms with Gasteiger partial charge in [-0.2, -0.15) is 5.26 Å². The first-order chi connectivity index (χ1) is 7.22. The van der Waals surface area contributed by atoms with Gasteiger partial charge in [0, 0.05) is 6.26 Å². The van der Waals surface area contributed by atoms with E-state index in [9.17, 15) is 13.2 Å². The van der Waals surface area contributed by atoms with E-state index in [0.29, 0.717) is 12.8 Å². The molecular weight excluding hydrogens is 228 g/mol. The lowest BCUT2D eigenvalue weighted by Gasteiger charge is -2.26. The van der Waals surface area contributed by atoms with Crippen molar-refractivity contribution in [3.63, 3.8) is 0 Å². The second kappa shape index (κ2) is 5.30. The first-order valence-electron chi connectivity index (χ1n) is 5.14. The second-order valence-corrected chi connectivity index (χ2v) is 6.23. The van der Waals surface area contributed by atoms with Crippen molar-refractivity contribution in [3.8, 4) is 6.07 Å². The van der Waals surface area contributed by atoms with Crippen LogP contribution in [0.25, 0.3) is 0 Å². The summed E-state index contributed by atoms with van der Waals surface area (Å²) >= 11 is 0. The molecule has 0 aliphatic rings. The lowest BCUT2D eigenvalue weighted by atomic mass is 9.94. The van der Waals surface area contributed by atoms with E-state index in [1.54, 1.807) is 13.8 Å². The number of sulfone groups is 1. The molecule has 0 aromatic carbocycles. The van der Waals surface area contributed by atoms with Crippen LogP contribution in [-0.2, 0) is 14.6 Å². The smallest absolute Gasteiger partial charge is 0.239 e. The van der Waals surface area contributed by atoms with Crippen molar-refractivity contribution in [2.45, 2.75) is 44.4 Å². The quantitative estimate of drug-likeness (QED) is 0.770. The molecule has 0 saturated heterocycles. The monoisotopic (exact) mass is 246 g/mol. The molecule has 1 atom stereocenters. The average molecular weight is 246 g/mol. The molecule has 92 valence electrons. The molecule has 0 rings (SSSR count). The highest BCUT2D eigenvalue weighted by Crippen LogP contribution is 2.14. The van der Waals surface area contributed by atoms with Gasteiger partial charge in [0.05, 0.1) is 6.07 Å². The van der Waals surface area contributed by atoms with Crippen LogP contribution < -0.4 is 5.32 Å². The summed E-state index contributed by atoms with van der Waals surface area (Å²) in [7, 11) is -3.42. The topological polar surface area (TPSA) is 87.0 Å². The summed E-state index contributed by atoms with van der Waals surface area (Å²) in [5.41, 5.74) is -0.962. The standard InChI is InChI=1S/C10H18N2O3S/c1-5-10(6-2,7-11)12-9(13)8(3)16(4,14)15/h8H,5-6H2,1-4H3,(H,12,13). The second-order valence-electron chi connectivity index (χ2n) is 3.86. The molecule has 1 unspecified atom stereocenters. The molecule has 5 nitrogen and oxygen atoms in total. The van der Waals surface area contributed by atoms with Crippen molar-refractivity contribution >= 4 is 15.7 Å². The molecule has 0 aromatic heterocycles. The van der Waals surface area contributed by atoms with Gasteiger partial charge < -0.3 is 5.32 Å². The summed E-state index contributed by atoms with van der Waals surface area (Å²) in [6.07, 6.45) is 1.90. The summed E-state index contributed by atoms with van der Waals surface area (Å²) in [4.78, 5) is 11.6.